The van der Waals surface area contributed by atoms with E-state index < -0.39 is 23.4 Å². The van der Waals surface area contributed by atoms with Gasteiger partial charge in [0.05, 0.1) is 17.3 Å². The lowest BCUT2D eigenvalue weighted by Crippen LogP contribution is -2.56. The van der Waals surface area contributed by atoms with Crippen LogP contribution in [0.2, 0.25) is 0 Å². The van der Waals surface area contributed by atoms with Gasteiger partial charge in [-0.05, 0) is 39.0 Å². The maximum atomic E-state index is 13.0. The average Bonchev–Trinajstić information content (AvgIpc) is 2.70. The van der Waals surface area contributed by atoms with Crippen molar-refractivity contribution in [1.29, 1.82) is 0 Å². The summed E-state index contributed by atoms with van der Waals surface area (Å²) < 4.78 is 44.8. The topological polar surface area (TPSA) is 58.8 Å². The number of carbonyl (C=O) groups excluding carboxylic acids is 1. The Balaban J connectivity index is 2.14. The van der Waals surface area contributed by atoms with Crippen molar-refractivity contribution in [2.75, 3.05) is 11.4 Å². The van der Waals surface area contributed by atoms with Gasteiger partial charge in [-0.3, -0.25) is 0 Å². The van der Waals surface area contributed by atoms with Crippen LogP contribution in [0.3, 0.4) is 0 Å². The summed E-state index contributed by atoms with van der Waals surface area (Å²) in [6, 6.07) is 2.54. The fraction of sp³-hybridized carbons (Fsp3) is 0.533. The highest BCUT2D eigenvalue weighted by atomic mass is 19.4. The van der Waals surface area contributed by atoms with Gasteiger partial charge in [0.25, 0.3) is 0 Å². The normalized spacial score (nSPS) is 25.7. The summed E-state index contributed by atoms with van der Waals surface area (Å²) in [5, 5.41) is 0. The molecule has 1 fully saturated rings. The fourth-order valence-corrected chi connectivity index (χ4v) is 3.48. The summed E-state index contributed by atoms with van der Waals surface area (Å²) in [5.41, 5.74) is 4.17. The van der Waals surface area contributed by atoms with E-state index in [4.69, 9.17) is 10.5 Å². The van der Waals surface area contributed by atoms with Crippen LogP contribution in [0.5, 0.6) is 5.75 Å². The summed E-state index contributed by atoms with van der Waals surface area (Å²) in [6.07, 6.45) is -4.72. The number of amides is 2. The number of alkyl halides is 3. The van der Waals surface area contributed by atoms with Crippen molar-refractivity contribution in [1.82, 2.24) is 4.90 Å². The van der Waals surface area contributed by atoms with Crippen molar-refractivity contribution in [3.05, 3.63) is 23.8 Å². The zero-order valence-electron chi connectivity index (χ0n) is 13.0. The number of hydrogen-bond acceptors (Lipinski definition) is 3. The van der Waals surface area contributed by atoms with Crippen LogP contribution in [0.4, 0.5) is 23.7 Å². The zero-order chi connectivity index (χ0) is 17.2. The quantitative estimate of drug-likeness (QED) is 0.796. The molecule has 1 aromatic carbocycles. The Morgan fingerprint density at radius 3 is 2.61 bits per heavy atom. The van der Waals surface area contributed by atoms with Crippen LogP contribution < -0.4 is 15.4 Å². The van der Waals surface area contributed by atoms with Crippen molar-refractivity contribution in [3.63, 3.8) is 0 Å². The first-order chi connectivity index (χ1) is 10.5. The third kappa shape index (κ3) is 2.27. The Kier molecular flexibility index (Phi) is 3.21. The Morgan fingerprint density at radius 1 is 1.39 bits per heavy atom. The van der Waals surface area contributed by atoms with Gasteiger partial charge in [0.2, 0.25) is 0 Å². The van der Waals surface area contributed by atoms with Crippen molar-refractivity contribution in [2.45, 2.75) is 44.8 Å². The van der Waals surface area contributed by atoms with E-state index in [2.05, 4.69) is 0 Å². The molecule has 0 aromatic heterocycles. The minimum atomic E-state index is -4.44. The molecule has 0 aliphatic carbocycles. The van der Waals surface area contributed by atoms with Crippen LogP contribution in [0.15, 0.2) is 18.2 Å². The van der Waals surface area contributed by atoms with Gasteiger partial charge in [-0.2, -0.15) is 13.2 Å². The second kappa shape index (κ2) is 4.69. The van der Waals surface area contributed by atoms with Crippen LogP contribution in [0, 0.1) is 0 Å². The van der Waals surface area contributed by atoms with Crippen LogP contribution in [0.25, 0.3) is 0 Å². The molecule has 2 aliphatic heterocycles. The van der Waals surface area contributed by atoms with Crippen LogP contribution in [0.1, 0.15) is 26.3 Å². The van der Waals surface area contributed by atoms with Gasteiger partial charge in [-0.15, -0.1) is 0 Å². The summed E-state index contributed by atoms with van der Waals surface area (Å²) in [7, 11) is 0. The van der Waals surface area contributed by atoms with E-state index in [1.165, 1.54) is 11.0 Å². The minimum Gasteiger partial charge on any atom is -0.486 e. The molecule has 2 N–H and O–H groups in total. The van der Waals surface area contributed by atoms with E-state index in [9.17, 15) is 18.0 Å². The van der Waals surface area contributed by atoms with Crippen molar-refractivity contribution in [2.24, 2.45) is 5.73 Å². The molecule has 23 heavy (non-hydrogen) atoms. The Hall–Kier alpha value is -2.12. The number of primary amides is 1. The number of halogens is 3. The van der Waals surface area contributed by atoms with Gasteiger partial charge in [0.15, 0.2) is 0 Å². The molecule has 3 rings (SSSR count). The molecule has 2 amide bonds. The third-order valence-corrected chi connectivity index (χ3v) is 4.62. The highest BCUT2D eigenvalue weighted by Crippen LogP contribution is 2.47. The van der Waals surface area contributed by atoms with Crippen LogP contribution >= 0.6 is 0 Å². The first-order valence-electron chi connectivity index (χ1n) is 7.28. The number of benzene rings is 1. The smallest absolute Gasteiger partial charge is 0.416 e. The SMILES string of the molecule is CC1Oc2ccc(C(F)(F)F)cc2N2C1CN(C(N)=O)C2(C)C. The zero-order valence-corrected chi connectivity index (χ0v) is 13.0. The van der Waals surface area contributed by atoms with E-state index >= 15 is 0 Å². The second-order valence-corrected chi connectivity index (χ2v) is 6.38. The Labute approximate surface area is 131 Å². The van der Waals surface area contributed by atoms with E-state index in [-0.39, 0.29) is 12.1 Å². The third-order valence-electron chi connectivity index (χ3n) is 4.62. The van der Waals surface area contributed by atoms with E-state index in [1.807, 2.05) is 6.92 Å². The molecule has 0 saturated carbocycles. The summed E-state index contributed by atoms with van der Waals surface area (Å²) in [6.45, 7) is 5.66. The molecule has 8 heteroatoms. The standard InChI is InChI=1S/C15H18F3N3O2/c1-8-11-7-20(13(19)22)14(2,3)21(11)10-6-9(15(16,17)18)4-5-12(10)23-8/h4-6,8,11H,7H2,1-3H3,(H2,19,22). The summed E-state index contributed by atoms with van der Waals surface area (Å²) >= 11 is 0. The lowest BCUT2D eigenvalue weighted by atomic mass is 10.0. The van der Waals surface area contributed by atoms with Crippen molar-refractivity contribution in [3.8, 4) is 5.75 Å². The number of carbonyl (C=O) groups is 1. The van der Waals surface area contributed by atoms with Crippen LogP contribution in [-0.4, -0.2) is 35.3 Å². The first kappa shape index (κ1) is 15.8. The number of rotatable bonds is 0. The average molecular weight is 329 g/mol. The Morgan fingerprint density at radius 2 is 2.04 bits per heavy atom. The van der Waals surface area contributed by atoms with Gasteiger partial charge in [0, 0.05) is 6.54 Å². The molecule has 0 spiro atoms. The molecule has 2 unspecified atom stereocenters. The maximum absolute atomic E-state index is 13.0. The fourth-order valence-electron chi connectivity index (χ4n) is 3.48. The van der Waals surface area contributed by atoms with Crippen molar-refractivity contribution >= 4 is 11.7 Å². The number of nitrogens with zero attached hydrogens (tertiary/aromatic N) is 2. The predicted octanol–water partition coefficient (Wildman–Crippen LogP) is 2.79. The lowest BCUT2D eigenvalue weighted by molar-refractivity contribution is -0.137. The van der Waals surface area contributed by atoms with Gasteiger partial charge in [-0.25, -0.2) is 4.79 Å². The van der Waals surface area contributed by atoms with Crippen molar-refractivity contribution < 1.29 is 22.7 Å². The number of ether oxygens (including phenoxy) is 1. The number of hydrogen-bond donors (Lipinski definition) is 1. The number of nitrogens with two attached hydrogens (primary N) is 1. The van der Waals surface area contributed by atoms with Gasteiger partial charge >= 0.3 is 12.2 Å². The summed E-state index contributed by atoms with van der Waals surface area (Å²) in [5.74, 6) is 0.376. The Bertz CT molecular complexity index is 660. The molecule has 2 atom stereocenters. The summed E-state index contributed by atoms with van der Waals surface area (Å²) in [4.78, 5) is 15.0. The second-order valence-electron chi connectivity index (χ2n) is 6.38. The molecular weight excluding hydrogens is 311 g/mol. The highest BCUT2D eigenvalue weighted by molar-refractivity contribution is 5.76. The monoisotopic (exact) mass is 329 g/mol. The molecule has 1 aromatic rings. The molecular formula is C15H18F3N3O2. The number of urea groups is 1. The minimum absolute atomic E-state index is 0.256. The first-order valence-corrected chi connectivity index (χ1v) is 7.28. The predicted molar refractivity (Wildman–Crippen MR) is 78.2 cm³/mol. The number of anilines is 1. The highest BCUT2D eigenvalue weighted by Gasteiger charge is 2.52. The number of fused-ring (bicyclic) bond motifs is 3. The molecule has 126 valence electrons. The maximum Gasteiger partial charge on any atom is 0.416 e. The van der Waals surface area contributed by atoms with Gasteiger partial charge < -0.3 is 20.3 Å². The molecule has 0 radical (unpaired) electrons. The molecule has 2 heterocycles. The van der Waals surface area contributed by atoms with Crippen LogP contribution in [-0.2, 0) is 6.18 Å². The van der Waals surface area contributed by atoms with E-state index in [1.54, 1.807) is 18.7 Å². The molecule has 5 nitrogen and oxygen atoms in total. The van der Waals surface area contributed by atoms with E-state index in [0.717, 1.165) is 12.1 Å². The molecule has 1 saturated heterocycles. The molecule has 2 aliphatic rings. The van der Waals surface area contributed by atoms with Gasteiger partial charge in [-0.1, -0.05) is 0 Å². The molecule has 0 bridgehead atoms. The van der Waals surface area contributed by atoms with E-state index in [0.29, 0.717) is 18.0 Å². The lowest BCUT2D eigenvalue weighted by Gasteiger charge is -2.44. The largest absolute Gasteiger partial charge is 0.486 e. The van der Waals surface area contributed by atoms with Gasteiger partial charge in [0.1, 0.15) is 17.5 Å².